The van der Waals surface area contributed by atoms with E-state index in [9.17, 15) is 4.79 Å². The molecule has 25 heavy (non-hydrogen) atoms. The molecule has 1 aromatic heterocycles. The zero-order chi connectivity index (χ0) is 17.6. The fourth-order valence-electron chi connectivity index (χ4n) is 3.01. The molecule has 0 saturated carbocycles. The van der Waals surface area contributed by atoms with E-state index in [1.807, 2.05) is 50.2 Å². The molecule has 1 fully saturated rings. The van der Waals surface area contributed by atoms with E-state index in [1.165, 1.54) is 0 Å². The Kier molecular flexibility index (Phi) is 5.48. The SMILES string of the molecule is CCOc1ccc(NC(=O)C2CCCN(c3ccc(C)nn3)C2)cc1. The van der Waals surface area contributed by atoms with Crippen LogP contribution in [0.25, 0.3) is 0 Å². The minimum atomic E-state index is -0.0524. The second-order valence-corrected chi connectivity index (χ2v) is 6.26. The van der Waals surface area contributed by atoms with Crippen LogP contribution in [0, 0.1) is 12.8 Å². The van der Waals surface area contributed by atoms with Crippen molar-refractivity contribution in [2.24, 2.45) is 5.92 Å². The predicted octanol–water partition coefficient (Wildman–Crippen LogP) is 3.04. The molecular formula is C19H24N4O2. The summed E-state index contributed by atoms with van der Waals surface area (Å²) in [5, 5.41) is 11.4. The van der Waals surface area contributed by atoms with Gasteiger partial charge in [0, 0.05) is 18.8 Å². The standard InChI is InChI=1S/C19H24N4O2/c1-3-25-17-9-7-16(8-10-17)20-19(24)15-5-4-12-23(13-15)18-11-6-14(2)21-22-18/h6-11,15H,3-5,12-13H2,1-2H3,(H,20,24). The maximum atomic E-state index is 12.6. The third-order valence-corrected chi connectivity index (χ3v) is 4.33. The summed E-state index contributed by atoms with van der Waals surface area (Å²) >= 11 is 0. The van der Waals surface area contributed by atoms with E-state index in [0.29, 0.717) is 13.2 Å². The molecule has 6 heteroatoms. The van der Waals surface area contributed by atoms with Crippen molar-refractivity contribution in [3.8, 4) is 5.75 Å². The molecule has 0 aliphatic carbocycles. The van der Waals surface area contributed by atoms with E-state index in [4.69, 9.17) is 4.74 Å². The number of nitrogens with one attached hydrogen (secondary N) is 1. The van der Waals surface area contributed by atoms with Crippen molar-refractivity contribution in [1.82, 2.24) is 10.2 Å². The molecule has 1 aliphatic rings. The Balaban J connectivity index is 1.60. The molecule has 1 unspecified atom stereocenters. The number of carbonyl (C=O) groups is 1. The second kappa shape index (κ2) is 7.96. The Morgan fingerprint density at radius 2 is 2.04 bits per heavy atom. The van der Waals surface area contributed by atoms with Crippen LogP contribution in [0.3, 0.4) is 0 Å². The number of ether oxygens (including phenoxy) is 1. The van der Waals surface area contributed by atoms with Crippen LogP contribution in [0.2, 0.25) is 0 Å². The number of rotatable bonds is 5. The minimum Gasteiger partial charge on any atom is -0.494 e. The number of nitrogens with zero attached hydrogens (tertiary/aromatic N) is 3. The highest BCUT2D eigenvalue weighted by molar-refractivity contribution is 5.93. The summed E-state index contributed by atoms with van der Waals surface area (Å²) in [6.45, 7) is 6.07. The monoisotopic (exact) mass is 340 g/mol. The van der Waals surface area contributed by atoms with Gasteiger partial charge in [-0.1, -0.05) is 0 Å². The molecule has 3 rings (SSSR count). The van der Waals surface area contributed by atoms with E-state index in [-0.39, 0.29) is 11.8 Å². The van der Waals surface area contributed by atoms with Gasteiger partial charge in [0.15, 0.2) is 5.82 Å². The van der Waals surface area contributed by atoms with Gasteiger partial charge in [0.1, 0.15) is 5.75 Å². The predicted molar refractivity (Wildman–Crippen MR) is 97.9 cm³/mol. The molecule has 1 aromatic carbocycles. The summed E-state index contributed by atoms with van der Waals surface area (Å²) in [5.74, 6) is 1.64. The van der Waals surface area contributed by atoms with Gasteiger partial charge < -0.3 is 15.0 Å². The molecule has 2 heterocycles. The van der Waals surface area contributed by atoms with Crippen LogP contribution >= 0.6 is 0 Å². The number of hydrogen-bond acceptors (Lipinski definition) is 5. The van der Waals surface area contributed by atoms with E-state index < -0.39 is 0 Å². The zero-order valence-electron chi connectivity index (χ0n) is 14.7. The quantitative estimate of drug-likeness (QED) is 0.906. The number of benzene rings is 1. The van der Waals surface area contributed by atoms with Crippen LogP contribution in [-0.2, 0) is 4.79 Å². The third kappa shape index (κ3) is 4.47. The number of hydrogen-bond donors (Lipinski definition) is 1. The highest BCUT2D eigenvalue weighted by atomic mass is 16.5. The van der Waals surface area contributed by atoms with E-state index in [1.54, 1.807) is 0 Å². The molecular weight excluding hydrogens is 316 g/mol. The minimum absolute atomic E-state index is 0.0499. The second-order valence-electron chi connectivity index (χ2n) is 6.26. The molecule has 1 saturated heterocycles. The molecule has 1 atom stereocenters. The van der Waals surface area contributed by atoms with Gasteiger partial charge in [-0.05, 0) is 63.1 Å². The van der Waals surface area contributed by atoms with Crippen LogP contribution in [0.5, 0.6) is 5.75 Å². The molecule has 6 nitrogen and oxygen atoms in total. The van der Waals surface area contributed by atoms with Gasteiger partial charge >= 0.3 is 0 Å². The van der Waals surface area contributed by atoms with Crippen molar-refractivity contribution in [3.63, 3.8) is 0 Å². The first-order valence-corrected chi connectivity index (χ1v) is 8.74. The molecule has 1 aliphatic heterocycles. The van der Waals surface area contributed by atoms with E-state index >= 15 is 0 Å². The van der Waals surface area contributed by atoms with Gasteiger partial charge in [-0.15, -0.1) is 5.10 Å². The maximum Gasteiger partial charge on any atom is 0.229 e. The van der Waals surface area contributed by atoms with Crippen molar-refractivity contribution in [1.29, 1.82) is 0 Å². The molecule has 0 radical (unpaired) electrons. The van der Waals surface area contributed by atoms with Crippen LogP contribution in [0.4, 0.5) is 11.5 Å². The highest BCUT2D eigenvalue weighted by Gasteiger charge is 2.26. The normalized spacial score (nSPS) is 17.2. The topological polar surface area (TPSA) is 67.3 Å². The molecule has 132 valence electrons. The van der Waals surface area contributed by atoms with Crippen LogP contribution in [-0.4, -0.2) is 35.8 Å². The third-order valence-electron chi connectivity index (χ3n) is 4.33. The average molecular weight is 340 g/mol. The summed E-state index contributed by atoms with van der Waals surface area (Å²) in [6.07, 6.45) is 1.86. The Morgan fingerprint density at radius 3 is 2.72 bits per heavy atom. The number of piperidine rings is 1. The first-order valence-electron chi connectivity index (χ1n) is 8.74. The highest BCUT2D eigenvalue weighted by Crippen LogP contribution is 2.23. The van der Waals surface area contributed by atoms with Crippen LogP contribution in [0.15, 0.2) is 36.4 Å². The number of carbonyl (C=O) groups excluding carboxylic acids is 1. The summed E-state index contributed by atoms with van der Waals surface area (Å²) in [4.78, 5) is 14.7. The largest absolute Gasteiger partial charge is 0.494 e. The smallest absolute Gasteiger partial charge is 0.229 e. The van der Waals surface area contributed by atoms with Crippen molar-refractivity contribution in [2.45, 2.75) is 26.7 Å². The van der Waals surface area contributed by atoms with Crippen molar-refractivity contribution in [3.05, 3.63) is 42.1 Å². The van der Waals surface area contributed by atoms with Gasteiger partial charge in [0.25, 0.3) is 0 Å². The van der Waals surface area contributed by atoms with Crippen molar-refractivity contribution >= 4 is 17.4 Å². The lowest BCUT2D eigenvalue weighted by atomic mass is 9.97. The van der Waals surface area contributed by atoms with Crippen LogP contribution in [0.1, 0.15) is 25.5 Å². The summed E-state index contributed by atoms with van der Waals surface area (Å²) in [6, 6.07) is 11.4. The molecule has 2 aromatic rings. The fraction of sp³-hybridized carbons (Fsp3) is 0.421. The number of aryl methyl sites for hydroxylation is 1. The number of anilines is 2. The Hall–Kier alpha value is -2.63. The molecule has 0 spiro atoms. The summed E-state index contributed by atoms with van der Waals surface area (Å²) in [7, 11) is 0. The zero-order valence-corrected chi connectivity index (χ0v) is 14.7. The van der Waals surface area contributed by atoms with Gasteiger partial charge in [-0.2, -0.15) is 5.10 Å². The lowest BCUT2D eigenvalue weighted by molar-refractivity contribution is -0.120. The maximum absolute atomic E-state index is 12.6. The average Bonchev–Trinajstić information content (AvgIpc) is 2.64. The lowest BCUT2D eigenvalue weighted by Crippen LogP contribution is -2.41. The fourth-order valence-corrected chi connectivity index (χ4v) is 3.01. The van der Waals surface area contributed by atoms with Gasteiger partial charge in [0.2, 0.25) is 5.91 Å². The van der Waals surface area contributed by atoms with Crippen LogP contribution < -0.4 is 15.0 Å². The summed E-state index contributed by atoms with van der Waals surface area (Å²) < 4.78 is 5.42. The Labute approximate surface area is 148 Å². The van der Waals surface area contributed by atoms with Crippen molar-refractivity contribution in [2.75, 3.05) is 29.9 Å². The van der Waals surface area contributed by atoms with Gasteiger partial charge in [-0.3, -0.25) is 4.79 Å². The first kappa shape index (κ1) is 17.2. The summed E-state index contributed by atoms with van der Waals surface area (Å²) in [5.41, 5.74) is 1.69. The number of amides is 1. The van der Waals surface area contributed by atoms with Crippen molar-refractivity contribution < 1.29 is 9.53 Å². The van der Waals surface area contributed by atoms with E-state index in [2.05, 4.69) is 20.4 Å². The van der Waals surface area contributed by atoms with Gasteiger partial charge in [0.05, 0.1) is 18.2 Å². The molecule has 0 bridgehead atoms. The Morgan fingerprint density at radius 1 is 1.24 bits per heavy atom. The number of aromatic nitrogens is 2. The van der Waals surface area contributed by atoms with Gasteiger partial charge in [-0.25, -0.2) is 0 Å². The lowest BCUT2D eigenvalue weighted by Gasteiger charge is -2.32. The first-order chi connectivity index (χ1) is 12.2. The Bertz CT molecular complexity index is 700. The molecule has 1 N–H and O–H groups in total. The molecule has 1 amide bonds. The van der Waals surface area contributed by atoms with E-state index in [0.717, 1.165) is 42.3 Å².